The van der Waals surface area contributed by atoms with Crippen LogP contribution in [0.25, 0.3) is 11.3 Å². The summed E-state index contributed by atoms with van der Waals surface area (Å²) in [6, 6.07) is 14.4. The summed E-state index contributed by atoms with van der Waals surface area (Å²) in [5.41, 5.74) is 1.48. The van der Waals surface area contributed by atoms with Gasteiger partial charge in [0.15, 0.2) is 11.7 Å². The van der Waals surface area contributed by atoms with E-state index in [2.05, 4.69) is 10.3 Å². The van der Waals surface area contributed by atoms with Crippen molar-refractivity contribution in [3.05, 3.63) is 70.7 Å². The summed E-state index contributed by atoms with van der Waals surface area (Å²) in [6.07, 6.45) is 2.31. The van der Waals surface area contributed by atoms with Crippen LogP contribution >= 0.6 is 23.2 Å². The van der Waals surface area contributed by atoms with Crippen LogP contribution in [0.2, 0.25) is 10.0 Å². The van der Waals surface area contributed by atoms with Crippen molar-refractivity contribution in [2.75, 3.05) is 5.32 Å². The molecule has 2 aromatic carbocycles. The molecule has 1 aromatic heterocycles. The lowest BCUT2D eigenvalue weighted by Crippen LogP contribution is -2.12. The molecule has 0 saturated carbocycles. The van der Waals surface area contributed by atoms with Gasteiger partial charge in [-0.1, -0.05) is 35.3 Å². The average molecular weight is 361 g/mol. The van der Waals surface area contributed by atoms with Gasteiger partial charge in [0.25, 0.3) is 0 Å². The molecule has 0 aliphatic carbocycles. The van der Waals surface area contributed by atoms with Crippen LogP contribution in [0.5, 0.6) is 0 Å². The number of nitrogens with one attached hydrogen (secondary N) is 1. The first-order valence-corrected chi connectivity index (χ1v) is 8.12. The molecule has 0 spiro atoms. The fourth-order valence-electron chi connectivity index (χ4n) is 2.17. The van der Waals surface area contributed by atoms with Crippen molar-refractivity contribution in [1.82, 2.24) is 4.98 Å². The number of anilines is 1. The number of benzene rings is 2. The maximum absolute atomic E-state index is 12.0. The monoisotopic (exact) mass is 360 g/mol. The summed E-state index contributed by atoms with van der Waals surface area (Å²) in [7, 11) is 0. The molecule has 1 amide bonds. The highest BCUT2D eigenvalue weighted by Crippen LogP contribution is 2.23. The van der Waals surface area contributed by atoms with Gasteiger partial charge in [-0.05, 0) is 36.4 Å². The molecule has 0 bridgehead atoms. The molecule has 0 aliphatic heterocycles. The number of nitrogens with zero attached hydrogens (tertiary/aromatic N) is 1. The number of hydrogen-bond acceptors (Lipinski definition) is 3. The van der Waals surface area contributed by atoms with E-state index in [0.717, 1.165) is 5.56 Å². The highest BCUT2D eigenvalue weighted by atomic mass is 35.5. The number of halogens is 2. The van der Waals surface area contributed by atoms with Crippen molar-refractivity contribution >= 4 is 34.8 Å². The van der Waals surface area contributed by atoms with E-state index in [1.807, 2.05) is 24.3 Å². The first-order chi connectivity index (χ1) is 11.6. The molecule has 0 fully saturated rings. The lowest BCUT2D eigenvalue weighted by atomic mass is 10.2. The van der Waals surface area contributed by atoms with E-state index >= 15 is 0 Å². The molecule has 6 heteroatoms. The predicted molar refractivity (Wildman–Crippen MR) is 95.4 cm³/mol. The molecule has 0 saturated heterocycles. The molecule has 1 N–H and O–H groups in total. The van der Waals surface area contributed by atoms with Crippen LogP contribution in [-0.4, -0.2) is 10.9 Å². The van der Waals surface area contributed by atoms with Crippen LogP contribution in [-0.2, 0) is 11.2 Å². The second-order valence-corrected chi connectivity index (χ2v) is 6.00. The number of para-hydroxylation sites is 1. The molecule has 0 aliphatic rings. The van der Waals surface area contributed by atoms with E-state index in [1.165, 1.54) is 0 Å². The van der Waals surface area contributed by atoms with Gasteiger partial charge in [-0.25, -0.2) is 4.98 Å². The van der Waals surface area contributed by atoms with E-state index in [9.17, 15) is 4.79 Å². The highest BCUT2D eigenvalue weighted by molar-refractivity contribution is 6.33. The molecule has 0 unspecified atom stereocenters. The average Bonchev–Trinajstić information content (AvgIpc) is 3.05. The molecule has 3 rings (SSSR count). The Morgan fingerprint density at radius 1 is 1.08 bits per heavy atom. The Kier molecular flexibility index (Phi) is 5.18. The first kappa shape index (κ1) is 16.6. The minimum absolute atomic E-state index is 0.144. The number of carbonyl (C=O) groups excluding carboxylic acids is 1. The lowest BCUT2D eigenvalue weighted by molar-refractivity contribution is -0.116. The quantitative estimate of drug-likeness (QED) is 0.678. The standard InChI is InChI=1S/C18H14Cl2N2O2/c19-13-7-5-12(6-8-13)16-11-21-18(24-16)10-9-17(23)22-15-4-2-1-3-14(15)20/h1-8,11H,9-10H2,(H,22,23). The van der Waals surface area contributed by atoms with Crippen LogP contribution < -0.4 is 5.32 Å². The second kappa shape index (κ2) is 7.51. The molecule has 24 heavy (non-hydrogen) atoms. The molecule has 4 nitrogen and oxygen atoms in total. The maximum atomic E-state index is 12.0. The normalized spacial score (nSPS) is 10.6. The van der Waals surface area contributed by atoms with Crippen LogP contribution in [0.1, 0.15) is 12.3 Å². The van der Waals surface area contributed by atoms with Crippen molar-refractivity contribution in [3.8, 4) is 11.3 Å². The van der Waals surface area contributed by atoms with Crippen molar-refractivity contribution in [1.29, 1.82) is 0 Å². The van der Waals surface area contributed by atoms with E-state index in [-0.39, 0.29) is 12.3 Å². The number of hydrogen-bond donors (Lipinski definition) is 1. The highest BCUT2D eigenvalue weighted by Gasteiger charge is 2.10. The number of rotatable bonds is 5. The van der Waals surface area contributed by atoms with Gasteiger partial charge in [-0.2, -0.15) is 0 Å². The Balaban J connectivity index is 1.58. The van der Waals surface area contributed by atoms with Gasteiger partial charge >= 0.3 is 0 Å². The van der Waals surface area contributed by atoms with Gasteiger partial charge in [-0.15, -0.1) is 0 Å². The lowest BCUT2D eigenvalue weighted by Gasteiger charge is -2.05. The van der Waals surface area contributed by atoms with Crippen molar-refractivity contribution in [2.24, 2.45) is 0 Å². The Morgan fingerprint density at radius 2 is 1.83 bits per heavy atom. The van der Waals surface area contributed by atoms with E-state index in [1.54, 1.807) is 30.5 Å². The second-order valence-electron chi connectivity index (χ2n) is 5.15. The Morgan fingerprint density at radius 3 is 2.58 bits per heavy atom. The number of oxazole rings is 1. The molecule has 3 aromatic rings. The van der Waals surface area contributed by atoms with Gasteiger partial charge in [0, 0.05) is 23.4 Å². The summed E-state index contributed by atoms with van der Waals surface area (Å²) in [5.74, 6) is 1.01. The van der Waals surface area contributed by atoms with Gasteiger partial charge in [0.1, 0.15) is 0 Å². The number of carbonyl (C=O) groups is 1. The zero-order valence-corrected chi connectivity index (χ0v) is 14.1. The summed E-state index contributed by atoms with van der Waals surface area (Å²) in [6.45, 7) is 0. The molecular weight excluding hydrogens is 347 g/mol. The fraction of sp³-hybridized carbons (Fsp3) is 0.111. The third kappa shape index (κ3) is 4.16. The van der Waals surface area contributed by atoms with Gasteiger partial charge in [0.05, 0.1) is 16.9 Å². The van der Waals surface area contributed by atoms with Crippen LogP contribution in [0.3, 0.4) is 0 Å². The minimum atomic E-state index is -0.144. The van der Waals surface area contributed by atoms with Crippen LogP contribution in [0.4, 0.5) is 5.69 Å². The van der Waals surface area contributed by atoms with E-state index in [4.69, 9.17) is 27.6 Å². The SMILES string of the molecule is O=C(CCc1ncc(-c2ccc(Cl)cc2)o1)Nc1ccccc1Cl. The van der Waals surface area contributed by atoms with E-state index in [0.29, 0.717) is 33.8 Å². The summed E-state index contributed by atoms with van der Waals surface area (Å²) in [5, 5.41) is 3.94. The van der Waals surface area contributed by atoms with Gasteiger partial charge in [-0.3, -0.25) is 4.79 Å². The maximum Gasteiger partial charge on any atom is 0.224 e. The summed E-state index contributed by atoms with van der Waals surface area (Å²) >= 11 is 11.9. The number of aryl methyl sites for hydroxylation is 1. The third-order valence-corrected chi connectivity index (χ3v) is 3.98. The molecular formula is C18H14Cl2N2O2. The van der Waals surface area contributed by atoms with Gasteiger partial charge < -0.3 is 9.73 Å². The van der Waals surface area contributed by atoms with Gasteiger partial charge in [0.2, 0.25) is 5.91 Å². The smallest absolute Gasteiger partial charge is 0.224 e. The van der Waals surface area contributed by atoms with Crippen molar-refractivity contribution < 1.29 is 9.21 Å². The van der Waals surface area contributed by atoms with Crippen LogP contribution in [0, 0.1) is 0 Å². The molecule has 122 valence electrons. The summed E-state index contributed by atoms with van der Waals surface area (Å²) in [4.78, 5) is 16.2. The zero-order valence-electron chi connectivity index (χ0n) is 12.6. The largest absolute Gasteiger partial charge is 0.441 e. The molecule has 0 atom stereocenters. The number of aromatic nitrogens is 1. The van der Waals surface area contributed by atoms with Crippen LogP contribution in [0.15, 0.2) is 59.1 Å². The Labute approximate surface area is 149 Å². The fourth-order valence-corrected chi connectivity index (χ4v) is 2.48. The topological polar surface area (TPSA) is 55.1 Å². The minimum Gasteiger partial charge on any atom is -0.441 e. The predicted octanol–water partition coefficient (Wildman–Crippen LogP) is 5.22. The van der Waals surface area contributed by atoms with E-state index < -0.39 is 0 Å². The van der Waals surface area contributed by atoms with Crippen molar-refractivity contribution in [2.45, 2.75) is 12.8 Å². The third-order valence-electron chi connectivity index (χ3n) is 3.40. The summed E-state index contributed by atoms with van der Waals surface area (Å²) < 4.78 is 5.67. The number of amides is 1. The molecule has 1 heterocycles. The first-order valence-electron chi connectivity index (χ1n) is 7.37. The molecule has 0 radical (unpaired) electrons. The Bertz CT molecular complexity index is 844. The van der Waals surface area contributed by atoms with Crippen molar-refractivity contribution in [3.63, 3.8) is 0 Å². The Hall–Kier alpha value is -2.30. The zero-order chi connectivity index (χ0) is 16.9.